The molecule has 0 aliphatic rings. The second-order valence-corrected chi connectivity index (χ2v) is 7.97. The third kappa shape index (κ3) is 2.92. The van der Waals surface area contributed by atoms with Crippen molar-refractivity contribution in [3.05, 3.63) is 46.7 Å². The summed E-state index contributed by atoms with van der Waals surface area (Å²) in [5, 5.41) is 0.573. The summed E-state index contributed by atoms with van der Waals surface area (Å²) in [6.45, 7) is 3.95. The van der Waals surface area contributed by atoms with Gasteiger partial charge in [0.2, 0.25) is 0 Å². The molecule has 0 fully saturated rings. The maximum Gasteiger partial charge on any atom is 0.265 e. The predicted molar refractivity (Wildman–Crippen MR) is 89.1 cm³/mol. The molecule has 2 heterocycles. The van der Waals surface area contributed by atoms with Crippen LogP contribution in [0.4, 0.5) is 5.13 Å². The van der Waals surface area contributed by atoms with Crippen molar-refractivity contribution in [2.75, 3.05) is 4.72 Å². The largest absolute Gasteiger partial charge is 0.265 e. The molecule has 0 bridgehead atoms. The molecule has 5 nitrogen and oxygen atoms in total. The normalized spacial score (nSPS) is 11.8. The Balaban J connectivity index is 1.98. The number of benzene rings is 1. The molecule has 2 aromatic heterocycles. The van der Waals surface area contributed by atoms with E-state index in [-0.39, 0.29) is 10.0 Å². The van der Waals surface area contributed by atoms with Crippen LogP contribution in [0.2, 0.25) is 5.15 Å². The average molecular weight is 354 g/mol. The number of aromatic nitrogens is 2. The maximum atomic E-state index is 12.3. The summed E-state index contributed by atoms with van der Waals surface area (Å²) in [6.07, 6.45) is 1.22. The van der Waals surface area contributed by atoms with Crippen LogP contribution in [0, 0.1) is 13.8 Å². The molecule has 3 rings (SSSR count). The molecule has 22 heavy (non-hydrogen) atoms. The van der Waals surface area contributed by atoms with Gasteiger partial charge in [-0.3, -0.25) is 4.72 Å². The molecule has 0 atom stereocenters. The minimum atomic E-state index is -3.72. The molecule has 3 aromatic rings. The molecule has 1 N–H and O–H groups in total. The van der Waals surface area contributed by atoms with E-state index in [0.717, 1.165) is 21.3 Å². The van der Waals surface area contributed by atoms with Crippen LogP contribution in [0.25, 0.3) is 10.2 Å². The van der Waals surface area contributed by atoms with Gasteiger partial charge in [0.05, 0.1) is 10.2 Å². The molecule has 0 radical (unpaired) electrons. The molecule has 0 saturated carbocycles. The van der Waals surface area contributed by atoms with Crippen LogP contribution in [0.5, 0.6) is 0 Å². The number of anilines is 1. The van der Waals surface area contributed by atoms with Crippen molar-refractivity contribution >= 4 is 48.3 Å². The second-order valence-electron chi connectivity index (χ2n) is 4.87. The Labute approximate surface area is 137 Å². The van der Waals surface area contributed by atoms with E-state index in [4.69, 9.17) is 11.6 Å². The Morgan fingerprint density at radius 2 is 2.00 bits per heavy atom. The molecule has 114 valence electrons. The van der Waals surface area contributed by atoms with Gasteiger partial charge < -0.3 is 0 Å². The van der Waals surface area contributed by atoms with Crippen LogP contribution >= 0.6 is 22.9 Å². The number of nitrogens with one attached hydrogen (secondary N) is 1. The number of pyridine rings is 1. The van der Waals surface area contributed by atoms with Crippen LogP contribution in [0.1, 0.15) is 11.1 Å². The van der Waals surface area contributed by atoms with Crippen molar-refractivity contribution in [1.29, 1.82) is 0 Å². The van der Waals surface area contributed by atoms with Gasteiger partial charge in [0.25, 0.3) is 10.0 Å². The number of nitrogens with zero attached hydrogens (tertiary/aromatic N) is 2. The first kappa shape index (κ1) is 15.2. The summed E-state index contributed by atoms with van der Waals surface area (Å²) in [5.41, 5.74) is 2.94. The molecular weight excluding hydrogens is 342 g/mol. The van der Waals surface area contributed by atoms with E-state index < -0.39 is 10.0 Å². The van der Waals surface area contributed by atoms with Gasteiger partial charge in [0, 0.05) is 6.20 Å². The molecule has 0 saturated heterocycles. The minimum absolute atomic E-state index is 0.0454. The van der Waals surface area contributed by atoms with E-state index in [9.17, 15) is 8.42 Å². The van der Waals surface area contributed by atoms with Crippen molar-refractivity contribution in [3.8, 4) is 0 Å². The lowest BCUT2D eigenvalue weighted by Crippen LogP contribution is -2.12. The van der Waals surface area contributed by atoms with E-state index in [1.807, 2.05) is 26.0 Å². The highest BCUT2D eigenvalue weighted by Gasteiger charge is 2.17. The molecular formula is C14H12ClN3O2S2. The van der Waals surface area contributed by atoms with E-state index in [2.05, 4.69) is 14.7 Å². The van der Waals surface area contributed by atoms with Gasteiger partial charge in [-0.05, 0) is 43.2 Å². The first-order chi connectivity index (χ1) is 10.3. The number of fused-ring (bicyclic) bond motifs is 1. The van der Waals surface area contributed by atoms with Crippen LogP contribution in [0.3, 0.4) is 0 Å². The third-order valence-corrected chi connectivity index (χ3v) is 5.66. The standard InChI is InChI=1S/C14H12ClN3O2S2/c1-8-5-9(2)13-11(6-8)21-14(17-13)18-22(19,20)10-3-4-12(15)16-7-10/h3-7H,1-2H3,(H,17,18). The van der Waals surface area contributed by atoms with Crippen LogP contribution in [0.15, 0.2) is 35.4 Å². The number of halogens is 1. The number of aryl methyl sites for hydroxylation is 2. The molecule has 8 heteroatoms. The van der Waals surface area contributed by atoms with Crippen LogP contribution in [-0.4, -0.2) is 18.4 Å². The Hall–Kier alpha value is -1.70. The lowest BCUT2D eigenvalue weighted by atomic mass is 10.1. The summed E-state index contributed by atoms with van der Waals surface area (Å²) in [6, 6.07) is 6.84. The van der Waals surface area contributed by atoms with E-state index in [1.54, 1.807) is 0 Å². The highest BCUT2D eigenvalue weighted by atomic mass is 35.5. The molecule has 0 amide bonds. The lowest BCUT2D eigenvalue weighted by molar-refractivity contribution is 0.601. The van der Waals surface area contributed by atoms with Crippen molar-refractivity contribution in [2.24, 2.45) is 0 Å². The fraction of sp³-hybridized carbons (Fsp3) is 0.143. The Morgan fingerprint density at radius 1 is 1.23 bits per heavy atom. The SMILES string of the molecule is Cc1cc(C)c2nc(NS(=O)(=O)c3ccc(Cl)nc3)sc2c1. The summed E-state index contributed by atoms with van der Waals surface area (Å²) < 4.78 is 28.1. The van der Waals surface area contributed by atoms with Crippen LogP contribution < -0.4 is 4.72 Å². The van der Waals surface area contributed by atoms with E-state index in [1.165, 1.54) is 29.7 Å². The summed E-state index contributed by atoms with van der Waals surface area (Å²) in [7, 11) is -3.72. The molecule has 0 spiro atoms. The van der Waals surface area contributed by atoms with Gasteiger partial charge in [-0.1, -0.05) is 29.0 Å². The van der Waals surface area contributed by atoms with Crippen molar-refractivity contribution in [3.63, 3.8) is 0 Å². The van der Waals surface area contributed by atoms with Gasteiger partial charge in [0.1, 0.15) is 10.0 Å². The predicted octanol–water partition coefficient (Wildman–Crippen LogP) is 3.76. The van der Waals surface area contributed by atoms with Crippen LogP contribution in [-0.2, 0) is 10.0 Å². The number of hydrogen-bond acceptors (Lipinski definition) is 5. The van der Waals surface area contributed by atoms with Gasteiger partial charge in [-0.2, -0.15) is 0 Å². The van der Waals surface area contributed by atoms with Crippen molar-refractivity contribution < 1.29 is 8.42 Å². The fourth-order valence-corrected chi connectivity index (χ4v) is 4.44. The topological polar surface area (TPSA) is 72.0 Å². The molecule has 0 aliphatic carbocycles. The van der Waals surface area contributed by atoms with E-state index >= 15 is 0 Å². The highest BCUT2D eigenvalue weighted by Crippen LogP contribution is 2.30. The van der Waals surface area contributed by atoms with Gasteiger partial charge in [-0.25, -0.2) is 18.4 Å². The third-order valence-electron chi connectivity index (χ3n) is 3.06. The Kier molecular flexibility index (Phi) is 3.80. The molecule has 1 aromatic carbocycles. The highest BCUT2D eigenvalue weighted by molar-refractivity contribution is 7.93. The van der Waals surface area contributed by atoms with Gasteiger partial charge in [-0.15, -0.1) is 0 Å². The summed E-state index contributed by atoms with van der Waals surface area (Å²) >= 11 is 6.97. The average Bonchev–Trinajstić information content (AvgIpc) is 2.81. The summed E-state index contributed by atoms with van der Waals surface area (Å²) in [5.74, 6) is 0. The number of rotatable bonds is 3. The fourth-order valence-electron chi connectivity index (χ4n) is 2.11. The van der Waals surface area contributed by atoms with Crippen molar-refractivity contribution in [1.82, 2.24) is 9.97 Å². The lowest BCUT2D eigenvalue weighted by Gasteiger charge is -2.04. The number of hydrogen-bond donors (Lipinski definition) is 1. The number of sulfonamides is 1. The Bertz CT molecular complexity index is 950. The Morgan fingerprint density at radius 3 is 2.68 bits per heavy atom. The molecule has 0 unspecified atom stereocenters. The second kappa shape index (κ2) is 5.49. The number of thiazole rings is 1. The quantitative estimate of drug-likeness (QED) is 0.727. The van der Waals surface area contributed by atoms with Gasteiger partial charge in [0.15, 0.2) is 5.13 Å². The van der Waals surface area contributed by atoms with Crippen molar-refractivity contribution in [2.45, 2.75) is 18.7 Å². The monoisotopic (exact) mass is 353 g/mol. The summed E-state index contributed by atoms with van der Waals surface area (Å²) in [4.78, 5) is 8.19. The first-order valence-electron chi connectivity index (χ1n) is 6.37. The van der Waals surface area contributed by atoms with Gasteiger partial charge >= 0.3 is 0 Å². The van der Waals surface area contributed by atoms with E-state index in [0.29, 0.717) is 5.13 Å². The smallest absolute Gasteiger partial charge is 0.255 e. The zero-order chi connectivity index (χ0) is 15.9. The zero-order valence-electron chi connectivity index (χ0n) is 11.8. The maximum absolute atomic E-state index is 12.3. The first-order valence-corrected chi connectivity index (χ1v) is 9.05. The molecule has 0 aliphatic heterocycles. The minimum Gasteiger partial charge on any atom is -0.255 e. The zero-order valence-corrected chi connectivity index (χ0v) is 14.2.